The fourth-order valence-electron chi connectivity index (χ4n) is 3.48. The minimum atomic E-state index is -4.42. The molecule has 0 heterocycles. The number of alkyl halides is 3. The molecule has 3 aromatic carbocycles. The second-order valence-corrected chi connectivity index (χ2v) is 7.72. The number of carbonyl (C=O) groups excluding carboxylic acids is 1. The van der Waals surface area contributed by atoms with E-state index in [0.29, 0.717) is 41.5 Å². The average Bonchev–Trinajstić information content (AvgIpc) is 2.86. The van der Waals surface area contributed by atoms with Crippen molar-refractivity contribution in [2.75, 3.05) is 33.2 Å². The van der Waals surface area contributed by atoms with Gasteiger partial charge < -0.3 is 24.4 Å². The highest BCUT2D eigenvalue weighted by atomic mass is 19.4. The van der Waals surface area contributed by atoms with Crippen LogP contribution in [0, 0.1) is 0 Å². The van der Waals surface area contributed by atoms with Crippen LogP contribution in [0.1, 0.15) is 16.7 Å². The second-order valence-electron chi connectivity index (χ2n) is 7.72. The number of methoxy groups -OCH3 is 3. The summed E-state index contributed by atoms with van der Waals surface area (Å²) < 4.78 is 54.6. The molecular formula is C26H27F3N2O4. The van der Waals surface area contributed by atoms with Crippen LogP contribution in [-0.2, 0) is 19.1 Å². The van der Waals surface area contributed by atoms with Gasteiger partial charge in [0.05, 0.1) is 26.9 Å². The molecule has 3 aromatic rings. The predicted octanol–water partition coefficient (Wildman–Crippen LogP) is 6.01. The Morgan fingerprint density at radius 1 is 0.857 bits per heavy atom. The van der Waals surface area contributed by atoms with Gasteiger partial charge in [0.15, 0.2) is 11.5 Å². The number of nitrogens with one attached hydrogen (secondary N) is 1. The summed E-state index contributed by atoms with van der Waals surface area (Å²) in [6.07, 6.45) is -3.93. The molecule has 0 aliphatic heterocycles. The van der Waals surface area contributed by atoms with Crippen molar-refractivity contribution in [2.45, 2.75) is 19.1 Å². The molecular weight excluding hydrogens is 461 g/mol. The van der Waals surface area contributed by atoms with Gasteiger partial charge in [-0.05, 0) is 53.9 Å². The number of rotatable bonds is 9. The molecule has 3 rings (SSSR count). The molecule has 6 nitrogen and oxygen atoms in total. The highest BCUT2D eigenvalue weighted by Gasteiger charge is 2.30. The molecule has 0 saturated carbocycles. The van der Waals surface area contributed by atoms with Crippen LogP contribution in [0.25, 0.3) is 0 Å². The standard InChI is InChI=1S/C26H27F3N2O4/c1-33-22-6-4-5-21(16-22)30-25(32)31(17-19-7-10-20(11-8-19)26(27,28)29)14-13-18-9-12-23(34-2)24(15-18)35-3/h4-12,15-16H,13-14,17H2,1-3H3,(H,30,32). The van der Waals surface area contributed by atoms with Crippen LogP contribution in [0.15, 0.2) is 66.7 Å². The van der Waals surface area contributed by atoms with Crippen LogP contribution in [0.3, 0.4) is 0 Å². The number of nitrogens with zero attached hydrogens (tertiary/aromatic N) is 1. The minimum Gasteiger partial charge on any atom is -0.497 e. The average molecular weight is 489 g/mol. The molecule has 0 bridgehead atoms. The lowest BCUT2D eigenvalue weighted by Crippen LogP contribution is -2.36. The molecule has 35 heavy (non-hydrogen) atoms. The van der Waals surface area contributed by atoms with Crippen LogP contribution in [0.4, 0.5) is 23.7 Å². The summed E-state index contributed by atoms with van der Waals surface area (Å²) in [6.45, 7) is 0.438. The number of halogens is 3. The van der Waals surface area contributed by atoms with E-state index in [4.69, 9.17) is 14.2 Å². The van der Waals surface area contributed by atoms with E-state index in [1.165, 1.54) is 19.2 Å². The first-order chi connectivity index (χ1) is 16.7. The van der Waals surface area contributed by atoms with Gasteiger partial charge in [0.25, 0.3) is 0 Å². The van der Waals surface area contributed by atoms with Gasteiger partial charge >= 0.3 is 12.2 Å². The normalized spacial score (nSPS) is 11.0. The maximum absolute atomic E-state index is 13.1. The lowest BCUT2D eigenvalue weighted by Gasteiger charge is -2.24. The third-order valence-corrected chi connectivity index (χ3v) is 5.38. The van der Waals surface area contributed by atoms with Crippen LogP contribution >= 0.6 is 0 Å². The monoisotopic (exact) mass is 488 g/mol. The molecule has 0 atom stereocenters. The molecule has 9 heteroatoms. The molecule has 186 valence electrons. The summed E-state index contributed by atoms with van der Waals surface area (Å²) in [6, 6.07) is 16.8. The molecule has 0 fully saturated rings. The first kappa shape index (κ1) is 25.7. The number of ether oxygens (including phenoxy) is 3. The van der Waals surface area contributed by atoms with Crippen LogP contribution in [-0.4, -0.2) is 38.8 Å². The molecule has 0 spiro atoms. The summed E-state index contributed by atoms with van der Waals surface area (Å²) in [5.41, 5.74) is 1.29. The zero-order chi connectivity index (χ0) is 25.4. The van der Waals surface area contributed by atoms with Crippen LogP contribution in [0.2, 0.25) is 0 Å². The van der Waals surface area contributed by atoms with Crippen molar-refractivity contribution in [3.8, 4) is 17.2 Å². The zero-order valence-corrected chi connectivity index (χ0v) is 19.7. The quantitative estimate of drug-likeness (QED) is 0.401. The molecule has 1 N–H and O–H groups in total. The first-order valence-electron chi connectivity index (χ1n) is 10.8. The predicted molar refractivity (Wildman–Crippen MR) is 127 cm³/mol. The van der Waals surface area contributed by atoms with Crippen molar-refractivity contribution in [2.24, 2.45) is 0 Å². The van der Waals surface area contributed by atoms with E-state index in [0.717, 1.165) is 17.7 Å². The highest BCUT2D eigenvalue weighted by molar-refractivity contribution is 5.89. The Hall–Kier alpha value is -3.88. The Bertz CT molecular complexity index is 1130. The summed E-state index contributed by atoms with van der Waals surface area (Å²) >= 11 is 0. The summed E-state index contributed by atoms with van der Waals surface area (Å²) in [7, 11) is 4.62. The van der Waals surface area contributed by atoms with E-state index in [9.17, 15) is 18.0 Å². The van der Waals surface area contributed by atoms with Gasteiger partial charge in [-0.3, -0.25) is 0 Å². The number of hydrogen-bond acceptors (Lipinski definition) is 4. The topological polar surface area (TPSA) is 60.0 Å². The van der Waals surface area contributed by atoms with Gasteiger partial charge in [-0.15, -0.1) is 0 Å². The van der Waals surface area contributed by atoms with E-state index in [1.807, 2.05) is 12.1 Å². The van der Waals surface area contributed by atoms with Gasteiger partial charge in [0.2, 0.25) is 0 Å². The fourth-order valence-corrected chi connectivity index (χ4v) is 3.48. The SMILES string of the molecule is COc1cccc(NC(=O)N(CCc2ccc(OC)c(OC)c2)Cc2ccc(C(F)(F)F)cc2)c1. The Morgan fingerprint density at radius 3 is 2.17 bits per heavy atom. The number of urea groups is 1. The van der Waals surface area contributed by atoms with Gasteiger partial charge in [0.1, 0.15) is 5.75 Å². The number of amides is 2. The Balaban J connectivity index is 1.79. The van der Waals surface area contributed by atoms with Crippen molar-refractivity contribution >= 4 is 11.7 Å². The van der Waals surface area contributed by atoms with E-state index >= 15 is 0 Å². The largest absolute Gasteiger partial charge is 0.497 e. The van der Waals surface area contributed by atoms with E-state index in [2.05, 4.69) is 5.32 Å². The maximum Gasteiger partial charge on any atom is 0.416 e. The number of hydrogen-bond donors (Lipinski definition) is 1. The smallest absolute Gasteiger partial charge is 0.416 e. The molecule has 2 amide bonds. The Kier molecular flexibility index (Phi) is 8.46. The second kappa shape index (κ2) is 11.5. The summed E-state index contributed by atoms with van der Waals surface area (Å²) in [5, 5.41) is 2.83. The van der Waals surface area contributed by atoms with Gasteiger partial charge in [0, 0.05) is 24.8 Å². The van der Waals surface area contributed by atoms with Crippen molar-refractivity contribution in [3.05, 3.63) is 83.4 Å². The number of anilines is 1. The fraction of sp³-hybridized carbons (Fsp3) is 0.269. The third kappa shape index (κ3) is 7.05. The van der Waals surface area contributed by atoms with E-state index in [1.54, 1.807) is 49.5 Å². The van der Waals surface area contributed by atoms with Crippen molar-refractivity contribution in [1.82, 2.24) is 4.90 Å². The molecule has 0 aliphatic rings. The minimum absolute atomic E-state index is 0.126. The summed E-state index contributed by atoms with van der Waals surface area (Å²) in [4.78, 5) is 14.7. The molecule has 0 aliphatic carbocycles. The molecule has 0 unspecified atom stereocenters. The number of carbonyl (C=O) groups is 1. The first-order valence-corrected chi connectivity index (χ1v) is 10.8. The Labute approximate surface area is 202 Å². The molecule has 0 radical (unpaired) electrons. The molecule has 0 saturated heterocycles. The number of benzene rings is 3. The lowest BCUT2D eigenvalue weighted by atomic mass is 10.1. The third-order valence-electron chi connectivity index (χ3n) is 5.38. The Morgan fingerprint density at radius 2 is 1.54 bits per heavy atom. The highest BCUT2D eigenvalue weighted by Crippen LogP contribution is 2.30. The molecule has 0 aromatic heterocycles. The van der Waals surface area contributed by atoms with Crippen molar-refractivity contribution in [1.29, 1.82) is 0 Å². The van der Waals surface area contributed by atoms with Crippen LogP contribution in [0.5, 0.6) is 17.2 Å². The lowest BCUT2D eigenvalue weighted by molar-refractivity contribution is -0.137. The maximum atomic E-state index is 13.1. The van der Waals surface area contributed by atoms with Crippen molar-refractivity contribution in [3.63, 3.8) is 0 Å². The summed E-state index contributed by atoms with van der Waals surface area (Å²) in [5.74, 6) is 1.75. The van der Waals surface area contributed by atoms with Crippen molar-refractivity contribution < 1.29 is 32.2 Å². The zero-order valence-electron chi connectivity index (χ0n) is 19.7. The van der Waals surface area contributed by atoms with Gasteiger partial charge in [-0.25, -0.2) is 4.79 Å². The van der Waals surface area contributed by atoms with E-state index in [-0.39, 0.29) is 6.54 Å². The van der Waals surface area contributed by atoms with Gasteiger partial charge in [-0.1, -0.05) is 24.3 Å². The van der Waals surface area contributed by atoms with Gasteiger partial charge in [-0.2, -0.15) is 13.2 Å². The van der Waals surface area contributed by atoms with Crippen LogP contribution < -0.4 is 19.5 Å². The van der Waals surface area contributed by atoms with E-state index < -0.39 is 17.8 Å².